The molecular weight excluding hydrogens is 327 g/mol. The first-order valence-corrected chi connectivity index (χ1v) is 6.68. The molecule has 10 heteroatoms. The standard InChI is InChI=1S/C14H10F3N5O2/c1-8-12(21-24-20-8)18-13(23)11-5-6-22(19-11)10-4-2-3-9(7-10)14(15,16)17/h2-7H,1H3,(H,18,21,23). The summed E-state index contributed by atoms with van der Waals surface area (Å²) in [5, 5.41) is 13.4. The molecule has 3 rings (SSSR count). The van der Waals surface area contributed by atoms with Gasteiger partial charge >= 0.3 is 6.18 Å². The summed E-state index contributed by atoms with van der Waals surface area (Å²) in [6, 6.07) is 6.00. The van der Waals surface area contributed by atoms with Gasteiger partial charge in [-0.15, -0.1) is 0 Å². The van der Waals surface area contributed by atoms with Crippen LogP contribution in [-0.4, -0.2) is 26.0 Å². The molecule has 1 aromatic carbocycles. The Bertz CT molecular complexity index is 884. The number of hydrogen-bond acceptors (Lipinski definition) is 5. The lowest BCUT2D eigenvalue weighted by atomic mass is 10.2. The van der Waals surface area contributed by atoms with Crippen LogP contribution < -0.4 is 5.32 Å². The van der Waals surface area contributed by atoms with Gasteiger partial charge < -0.3 is 5.32 Å². The Balaban J connectivity index is 1.83. The van der Waals surface area contributed by atoms with Crippen LogP contribution in [0.2, 0.25) is 0 Å². The van der Waals surface area contributed by atoms with Crippen LogP contribution in [0.25, 0.3) is 5.69 Å². The van der Waals surface area contributed by atoms with Crippen molar-refractivity contribution in [2.45, 2.75) is 13.1 Å². The van der Waals surface area contributed by atoms with Crippen LogP contribution in [-0.2, 0) is 6.18 Å². The lowest BCUT2D eigenvalue weighted by molar-refractivity contribution is -0.137. The van der Waals surface area contributed by atoms with Crippen LogP contribution >= 0.6 is 0 Å². The summed E-state index contributed by atoms with van der Waals surface area (Å²) >= 11 is 0. The minimum absolute atomic E-state index is 0.00908. The van der Waals surface area contributed by atoms with Crippen molar-refractivity contribution >= 4 is 11.7 Å². The number of halogens is 3. The highest BCUT2D eigenvalue weighted by Gasteiger charge is 2.30. The Hall–Kier alpha value is -3.17. The Kier molecular flexibility index (Phi) is 3.80. The average Bonchev–Trinajstić information content (AvgIpc) is 3.16. The van der Waals surface area contributed by atoms with E-state index in [0.29, 0.717) is 5.69 Å². The predicted molar refractivity (Wildman–Crippen MR) is 75.6 cm³/mol. The smallest absolute Gasteiger partial charge is 0.301 e. The maximum atomic E-state index is 12.8. The fourth-order valence-electron chi connectivity index (χ4n) is 1.93. The number of rotatable bonds is 3. The molecule has 2 aromatic heterocycles. The number of carbonyl (C=O) groups excluding carboxylic acids is 1. The second-order valence-corrected chi connectivity index (χ2v) is 4.85. The molecule has 24 heavy (non-hydrogen) atoms. The van der Waals surface area contributed by atoms with Crippen LogP contribution in [0.15, 0.2) is 41.2 Å². The first-order valence-electron chi connectivity index (χ1n) is 6.68. The minimum atomic E-state index is -4.46. The number of alkyl halides is 3. The predicted octanol–water partition coefficient (Wildman–Crippen LogP) is 2.83. The van der Waals surface area contributed by atoms with E-state index >= 15 is 0 Å². The molecule has 0 unspecified atom stereocenters. The fraction of sp³-hybridized carbons (Fsp3) is 0.143. The molecule has 0 fully saturated rings. The van der Waals surface area contributed by atoms with E-state index in [1.165, 1.54) is 29.1 Å². The molecular formula is C14H10F3N5O2. The van der Waals surface area contributed by atoms with E-state index in [1.807, 2.05) is 0 Å². The molecule has 0 aliphatic heterocycles. The van der Waals surface area contributed by atoms with Gasteiger partial charge in [0.05, 0.1) is 11.3 Å². The van der Waals surface area contributed by atoms with Gasteiger partial charge in [0.25, 0.3) is 5.91 Å². The second-order valence-electron chi connectivity index (χ2n) is 4.85. The number of anilines is 1. The van der Waals surface area contributed by atoms with Crippen LogP contribution in [0.4, 0.5) is 19.0 Å². The van der Waals surface area contributed by atoms with Crippen LogP contribution in [0, 0.1) is 6.92 Å². The Morgan fingerprint density at radius 2 is 2.04 bits per heavy atom. The molecule has 2 heterocycles. The van der Waals surface area contributed by atoms with Crippen LogP contribution in [0.5, 0.6) is 0 Å². The molecule has 0 bridgehead atoms. The summed E-state index contributed by atoms with van der Waals surface area (Å²) in [4.78, 5) is 12.1. The maximum absolute atomic E-state index is 12.8. The number of nitrogens with zero attached hydrogens (tertiary/aromatic N) is 4. The zero-order valence-corrected chi connectivity index (χ0v) is 12.2. The summed E-state index contributed by atoms with van der Waals surface area (Å²) in [5.41, 5.74) is -0.218. The van der Waals surface area contributed by atoms with E-state index in [-0.39, 0.29) is 17.2 Å². The third kappa shape index (κ3) is 3.12. The summed E-state index contributed by atoms with van der Waals surface area (Å²) in [7, 11) is 0. The molecule has 124 valence electrons. The van der Waals surface area contributed by atoms with Crippen molar-refractivity contribution in [3.05, 3.63) is 53.5 Å². The molecule has 0 saturated carbocycles. The lowest BCUT2D eigenvalue weighted by Crippen LogP contribution is -2.14. The third-order valence-electron chi connectivity index (χ3n) is 3.14. The van der Waals surface area contributed by atoms with Gasteiger partial charge in [0, 0.05) is 6.20 Å². The molecule has 0 saturated heterocycles. The Morgan fingerprint density at radius 3 is 2.71 bits per heavy atom. The van der Waals surface area contributed by atoms with E-state index in [4.69, 9.17) is 0 Å². The number of aromatic nitrogens is 4. The molecule has 3 aromatic rings. The van der Waals surface area contributed by atoms with Crippen molar-refractivity contribution in [1.29, 1.82) is 0 Å². The lowest BCUT2D eigenvalue weighted by Gasteiger charge is -2.08. The van der Waals surface area contributed by atoms with Crippen molar-refractivity contribution in [3.63, 3.8) is 0 Å². The van der Waals surface area contributed by atoms with Gasteiger partial charge in [0.2, 0.25) is 5.82 Å². The van der Waals surface area contributed by atoms with Crippen molar-refractivity contribution in [3.8, 4) is 5.69 Å². The van der Waals surface area contributed by atoms with Crippen molar-refractivity contribution in [2.24, 2.45) is 0 Å². The van der Waals surface area contributed by atoms with Gasteiger partial charge in [-0.1, -0.05) is 11.2 Å². The number of nitrogens with one attached hydrogen (secondary N) is 1. The molecule has 7 nitrogen and oxygen atoms in total. The molecule has 0 atom stereocenters. The van der Waals surface area contributed by atoms with E-state index in [2.05, 4.69) is 25.4 Å². The van der Waals surface area contributed by atoms with Crippen molar-refractivity contribution < 1.29 is 22.6 Å². The highest BCUT2D eigenvalue weighted by molar-refractivity contribution is 6.02. The number of amides is 1. The van der Waals surface area contributed by atoms with Gasteiger partial charge in [-0.25, -0.2) is 9.31 Å². The highest BCUT2D eigenvalue weighted by Crippen LogP contribution is 2.30. The summed E-state index contributed by atoms with van der Waals surface area (Å²) < 4.78 is 43.9. The number of aryl methyl sites for hydroxylation is 1. The van der Waals surface area contributed by atoms with Gasteiger partial charge in [-0.05, 0) is 36.3 Å². The van der Waals surface area contributed by atoms with E-state index in [0.717, 1.165) is 12.1 Å². The quantitative estimate of drug-likeness (QED) is 0.794. The second kappa shape index (κ2) is 5.80. The van der Waals surface area contributed by atoms with Gasteiger partial charge in [-0.3, -0.25) is 4.79 Å². The van der Waals surface area contributed by atoms with Crippen LogP contribution in [0.3, 0.4) is 0 Å². The molecule has 0 spiro atoms. The third-order valence-corrected chi connectivity index (χ3v) is 3.14. The average molecular weight is 337 g/mol. The molecule has 0 aliphatic carbocycles. The summed E-state index contributed by atoms with van der Waals surface area (Å²) in [6.45, 7) is 1.59. The fourth-order valence-corrected chi connectivity index (χ4v) is 1.93. The number of benzene rings is 1. The monoisotopic (exact) mass is 337 g/mol. The van der Waals surface area contributed by atoms with Gasteiger partial charge in [0.15, 0.2) is 5.69 Å². The van der Waals surface area contributed by atoms with Gasteiger partial charge in [0.1, 0.15) is 5.69 Å². The van der Waals surface area contributed by atoms with E-state index in [9.17, 15) is 18.0 Å². The highest BCUT2D eigenvalue weighted by atomic mass is 19.4. The largest absolute Gasteiger partial charge is 0.416 e. The number of carbonyl (C=O) groups is 1. The molecule has 1 N–H and O–H groups in total. The SMILES string of the molecule is Cc1nonc1NC(=O)c1ccn(-c2cccc(C(F)(F)F)c2)n1. The zero-order chi connectivity index (χ0) is 17.3. The maximum Gasteiger partial charge on any atom is 0.416 e. The summed E-state index contributed by atoms with van der Waals surface area (Å²) in [5.74, 6) is -0.437. The summed E-state index contributed by atoms with van der Waals surface area (Å²) in [6.07, 6.45) is -3.07. The first kappa shape index (κ1) is 15.7. The molecule has 0 aliphatic rings. The Labute approximate surface area is 133 Å². The topological polar surface area (TPSA) is 85.8 Å². The molecule has 1 amide bonds. The zero-order valence-electron chi connectivity index (χ0n) is 12.2. The van der Waals surface area contributed by atoms with E-state index < -0.39 is 17.6 Å². The van der Waals surface area contributed by atoms with E-state index in [1.54, 1.807) is 6.92 Å². The van der Waals surface area contributed by atoms with Gasteiger partial charge in [-0.2, -0.15) is 18.3 Å². The first-order chi connectivity index (χ1) is 11.3. The minimum Gasteiger partial charge on any atom is -0.301 e. The van der Waals surface area contributed by atoms with Crippen molar-refractivity contribution in [1.82, 2.24) is 20.1 Å². The van der Waals surface area contributed by atoms with Crippen molar-refractivity contribution in [2.75, 3.05) is 5.32 Å². The molecule has 0 radical (unpaired) electrons. The normalized spacial score (nSPS) is 11.5. The van der Waals surface area contributed by atoms with Crippen LogP contribution in [0.1, 0.15) is 21.7 Å². The number of hydrogen-bond donors (Lipinski definition) is 1. The Morgan fingerprint density at radius 1 is 1.25 bits per heavy atom.